The van der Waals surface area contributed by atoms with Gasteiger partial charge in [-0.25, -0.2) is 9.34 Å². The first-order valence-corrected chi connectivity index (χ1v) is 8.02. The van der Waals surface area contributed by atoms with Crippen LogP contribution in [0.5, 0.6) is 0 Å². The summed E-state index contributed by atoms with van der Waals surface area (Å²) >= 11 is 3.41. The van der Waals surface area contributed by atoms with Crippen molar-refractivity contribution in [2.75, 3.05) is 38.1 Å². The Morgan fingerprint density at radius 2 is 1.33 bits per heavy atom. The number of rotatable bonds is 9. The van der Waals surface area contributed by atoms with Crippen LogP contribution >= 0.6 is 24.4 Å². The van der Waals surface area contributed by atoms with Gasteiger partial charge in [0.05, 0.1) is 6.61 Å². The Morgan fingerprint density at radius 3 is 1.60 bits per heavy atom. The molecule has 0 aromatic carbocycles. The maximum atomic E-state index is 5.95. The van der Waals surface area contributed by atoms with Crippen LogP contribution in [0.2, 0.25) is 0 Å². The summed E-state index contributed by atoms with van der Waals surface area (Å²) < 4.78 is 10.8. The molecule has 0 aliphatic carbocycles. The van der Waals surface area contributed by atoms with Crippen LogP contribution in [0.25, 0.3) is 0 Å². The van der Waals surface area contributed by atoms with Crippen LogP contribution in [0, 0.1) is 0 Å². The van der Waals surface area contributed by atoms with E-state index in [0.29, 0.717) is 0 Å². The summed E-state index contributed by atoms with van der Waals surface area (Å²) in [5.41, 5.74) is 0. The second kappa shape index (κ2) is 9.98. The topological polar surface area (TPSA) is 15.7 Å². The van der Waals surface area contributed by atoms with E-state index in [0.717, 1.165) is 38.1 Å². The Bertz CT molecular complexity index is 131. The first kappa shape index (κ1) is 15.8. The van der Waals surface area contributed by atoms with E-state index in [9.17, 15) is 0 Å². The molecular formula is C10H24BrN2OP. The smallest absolute Gasteiger partial charge is 0.187 e. The van der Waals surface area contributed by atoms with Gasteiger partial charge in [-0.3, -0.25) is 0 Å². The molecule has 0 unspecified atom stereocenters. The highest BCUT2D eigenvalue weighted by Gasteiger charge is 2.22. The Hall–Kier alpha value is 0.790. The largest absolute Gasteiger partial charge is 0.330 e. The van der Waals surface area contributed by atoms with Crippen molar-refractivity contribution in [2.45, 2.75) is 27.7 Å². The van der Waals surface area contributed by atoms with Gasteiger partial charge in [0.25, 0.3) is 0 Å². The zero-order chi connectivity index (χ0) is 11.7. The number of nitrogens with zero attached hydrogens (tertiary/aromatic N) is 2. The molecule has 5 heteroatoms. The standard InChI is InChI=1S/C10H24BrN2OP/c1-5-12(6-2)15(14-10-9-11)13(7-3)8-4/h5-10H2,1-4H3. The monoisotopic (exact) mass is 298 g/mol. The Morgan fingerprint density at radius 1 is 0.933 bits per heavy atom. The van der Waals surface area contributed by atoms with Gasteiger partial charge in [0.1, 0.15) is 0 Å². The van der Waals surface area contributed by atoms with E-state index in [4.69, 9.17) is 4.52 Å². The first-order chi connectivity index (χ1) is 7.24. The van der Waals surface area contributed by atoms with Crippen molar-refractivity contribution in [3.8, 4) is 0 Å². The minimum absolute atomic E-state index is 0.557. The predicted molar refractivity (Wildman–Crippen MR) is 72.5 cm³/mol. The molecule has 0 N–H and O–H groups in total. The molecule has 0 saturated heterocycles. The summed E-state index contributed by atoms with van der Waals surface area (Å²) in [6, 6.07) is 0. The highest BCUT2D eigenvalue weighted by Crippen LogP contribution is 2.44. The fraction of sp³-hybridized carbons (Fsp3) is 1.00. The quantitative estimate of drug-likeness (QED) is 0.480. The number of hydrogen-bond acceptors (Lipinski definition) is 3. The van der Waals surface area contributed by atoms with Gasteiger partial charge in [-0.15, -0.1) is 0 Å². The maximum Gasteiger partial charge on any atom is 0.187 e. The average Bonchev–Trinajstić information content (AvgIpc) is 2.28. The van der Waals surface area contributed by atoms with Crippen LogP contribution in [0.3, 0.4) is 0 Å². The van der Waals surface area contributed by atoms with Crippen LogP contribution in [-0.2, 0) is 4.52 Å². The predicted octanol–water partition coefficient (Wildman–Crippen LogP) is 3.31. The van der Waals surface area contributed by atoms with Crippen molar-refractivity contribution in [3.05, 3.63) is 0 Å². The van der Waals surface area contributed by atoms with E-state index < -0.39 is 8.45 Å². The number of alkyl halides is 1. The fourth-order valence-electron chi connectivity index (χ4n) is 1.39. The molecule has 0 saturated carbocycles. The third kappa shape index (κ3) is 5.60. The Balaban J connectivity index is 4.38. The molecule has 0 aromatic heterocycles. The molecule has 0 spiro atoms. The summed E-state index contributed by atoms with van der Waals surface area (Å²) in [6.45, 7) is 13.8. The molecular weight excluding hydrogens is 275 g/mol. The summed E-state index contributed by atoms with van der Waals surface area (Å²) in [4.78, 5) is 0. The van der Waals surface area contributed by atoms with Gasteiger partial charge in [0.2, 0.25) is 0 Å². The van der Waals surface area contributed by atoms with Crippen molar-refractivity contribution < 1.29 is 4.52 Å². The lowest BCUT2D eigenvalue weighted by atomic mass is 10.7. The molecule has 0 aliphatic rings. The van der Waals surface area contributed by atoms with E-state index in [1.165, 1.54) is 0 Å². The highest BCUT2D eigenvalue weighted by molar-refractivity contribution is 9.09. The van der Waals surface area contributed by atoms with Gasteiger partial charge in [0.15, 0.2) is 8.45 Å². The molecule has 0 atom stereocenters. The molecule has 0 radical (unpaired) electrons. The summed E-state index contributed by atoms with van der Waals surface area (Å²) in [5.74, 6) is 0. The molecule has 3 nitrogen and oxygen atoms in total. The number of hydrogen-bond donors (Lipinski definition) is 0. The maximum absolute atomic E-state index is 5.95. The zero-order valence-corrected chi connectivity index (χ0v) is 12.9. The van der Waals surface area contributed by atoms with Gasteiger partial charge in [-0.05, 0) is 0 Å². The van der Waals surface area contributed by atoms with Gasteiger partial charge in [-0.1, -0.05) is 43.6 Å². The third-order valence-corrected chi connectivity index (χ3v) is 5.06. The molecule has 92 valence electrons. The summed E-state index contributed by atoms with van der Waals surface area (Å²) in [6.07, 6.45) is 0. The molecule has 0 amide bonds. The van der Waals surface area contributed by atoms with E-state index in [-0.39, 0.29) is 0 Å². The average molecular weight is 299 g/mol. The van der Waals surface area contributed by atoms with Gasteiger partial charge >= 0.3 is 0 Å². The first-order valence-electron chi connectivity index (χ1n) is 5.73. The number of halogens is 1. The fourth-order valence-corrected chi connectivity index (χ4v) is 3.71. The third-order valence-electron chi connectivity index (χ3n) is 2.23. The molecule has 0 aromatic rings. The lowest BCUT2D eigenvalue weighted by Crippen LogP contribution is -2.30. The van der Waals surface area contributed by atoms with Crippen LogP contribution in [0.15, 0.2) is 0 Å². The Kier molecular flexibility index (Phi) is 10.5. The van der Waals surface area contributed by atoms with Crippen LogP contribution in [0.4, 0.5) is 0 Å². The van der Waals surface area contributed by atoms with E-state index in [1.54, 1.807) is 0 Å². The van der Waals surface area contributed by atoms with Crippen molar-refractivity contribution in [1.29, 1.82) is 0 Å². The SMILES string of the molecule is CCN(CC)P(OCCBr)N(CC)CC. The lowest BCUT2D eigenvalue weighted by molar-refractivity contribution is 0.280. The highest BCUT2D eigenvalue weighted by atomic mass is 79.9. The Labute approximate surface area is 104 Å². The summed E-state index contributed by atoms with van der Waals surface area (Å²) in [7, 11) is -0.557. The van der Waals surface area contributed by atoms with Crippen LogP contribution in [0.1, 0.15) is 27.7 Å². The van der Waals surface area contributed by atoms with Crippen LogP contribution in [-0.4, -0.2) is 47.5 Å². The van der Waals surface area contributed by atoms with Crippen molar-refractivity contribution >= 4 is 24.4 Å². The lowest BCUT2D eigenvalue weighted by Gasteiger charge is -2.35. The minimum atomic E-state index is -0.557. The van der Waals surface area contributed by atoms with Gasteiger partial charge < -0.3 is 4.52 Å². The molecule has 15 heavy (non-hydrogen) atoms. The summed E-state index contributed by atoms with van der Waals surface area (Å²) in [5, 5.41) is 0.911. The normalized spacial score (nSPS) is 12.0. The van der Waals surface area contributed by atoms with Crippen molar-refractivity contribution in [3.63, 3.8) is 0 Å². The van der Waals surface area contributed by atoms with Crippen molar-refractivity contribution in [1.82, 2.24) is 9.34 Å². The molecule has 0 fully saturated rings. The van der Waals surface area contributed by atoms with Crippen LogP contribution < -0.4 is 0 Å². The van der Waals surface area contributed by atoms with Gasteiger partial charge in [0, 0.05) is 31.5 Å². The zero-order valence-electron chi connectivity index (χ0n) is 10.4. The second-order valence-electron chi connectivity index (χ2n) is 3.05. The molecule has 0 aliphatic heterocycles. The minimum Gasteiger partial charge on any atom is -0.330 e. The second-order valence-corrected chi connectivity index (χ2v) is 5.74. The van der Waals surface area contributed by atoms with E-state index in [1.807, 2.05) is 0 Å². The van der Waals surface area contributed by atoms with Gasteiger partial charge in [-0.2, -0.15) is 0 Å². The molecule has 0 bridgehead atoms. The van der Waals surface area contributed by atoms with E-state index in [2.05, 4.69) is 53.0 Å². The molecule has 0 heterocycles. The molecule has 0 rings (SSSR count). The van der Waals surface area contributed by atoms with Crippen molar-refractivity contribution in [2.24, 2.45) is 0 Å². The van der Waals surface area contributed by atoms with E-state index >= 15 is 0 Å².